The molecule has 0 aliphatic carbocycles. The van der Waals surface area contributed by atoms with Crippen molar-refractivity contribution in [2.75, 3.05) is 44.4 Å². The molecule has 0 bridgehead atoms. The van der Waals surface area contributed by atoms with Gasteiger partial charge in [-0.3, -0.25) is 9.69 Å². The largest absolute Gasteiger partial charge is 0.454 e. The summed E-state index contributed by atoms with van der Waals surface area (Å²) < 4.78 is 11.1. The van der Waals surface area contributed by atoms with Gasteiger partial charge >= 0.3 is 0 Å². The van der Waals surface area contributed by atoms with Crippen LogP contribution in [-0.4, -0.2) is 50.3 Å². The number of amides is 1. The minimum atomic E-state index is -0.00372. The van der Waals surface area contributed by atoms with Crippen LogP contribution in [0, 0.1) is 0 Å². The molecule has 176 valence electrons. The first-order valence-corrected chi connectivity index (χ1v) is 12.0. The lowest BCUT2D eigenvalue weighted by Crippen LogP contribution is -2.50. The van der Waals surface area contributed by atoms with Crippen molar-refractivity contribution < 1.29 is 14.3 Å². The second-order valence-corrected chi connectivity index (χ2v) is 9.03. The maximum Gasteiger partial charge on any atom is 0.231 e. The third-order valence-corrected chi connectivity index (χ3v) is 6.68. The van der Waals surface area contributed by atoms with Gasteiger partial charge in [-0.05, 0) is 47.5 Å². The van der Waals surface area contributed by atoms with Gasteiger partial charge < -0.3 is 19.7 Å². The molecule has 3 aromatic rings. The number of benzene rings is 3. The Kier molecular flexibility index (Phi) is 6.88. The van der Waals surface area contributed by atoms with Crippen LogP contribution in [-0.2, 0) is 11.2 Å². The molecule has 1 saturated heterocycles. The summed E-state index contributed by atoms with van der Waals surface area (Å²) in [5.74, 6) is 1.53. The number of nitrogens with one attached hydrogen (secondary N) is 1. The molecule has 0 saturated carbocycles. The number of carbonyl (C=O) groups excluding carboxylic acids is 1. The molecule has 0 spiro atoms. The van der Waals surface area contributed by atoms with Crippen molar-refractivity contribution in [2.45, 2.75) is 12.5 Å². The van der Waals surface area contributed by atoms with Crippen LogP contribution in [0.5, 0.6) is 11.5 Å². The van der Waals surface area contributed by atoms with Gasteiger partial charge in [0.1, 0.15) is 0 Å². The molecule has 1 fully saturated rings. The van der Waals surface area contributed by atoms with E-state index in [1.54, 1.807) is 0 Å². The van der Waals surface area contributed by atoms with Crippen LogP contribution >= 0.6 is 11.6 Å². The number of fused-ring (bicyclic) bond motifs is 1. The number of halogens is 1. The van der Waals surface area contributed by atoms with Crippen LogP contribution in [0.3, 0.4) is 0 Å². The summed E-state index contributed by atoms with van der Waals surface area (Å²) >= 11 is 5.97. The van der Waals surface area contributed by atoms with Crippen LogP contribution in [0.1, 0.15) is 17.2 Å². The Morgan fingerprint density at radius 2 is 1.65 bits per heavy atom. The van der Waals surface area contributed by atoms with Crippen molar-refractivity contribution >= 4 is 23.2 Å². The van der Waals surface area contributed by atoms with Crippen molar-refractivity contribution in [2.24, 2.45) is 0 Å². The first-order valence-electron chi connectivity index (χ1n) is 11.6. The van der Waals surface area contributed by atoms with Crippen LogP contribution in [0.2, 0.25) is 5.02 Å². The first-order chi connectivity index (χ1) is 16.7. The maximum atomic E-state index is 12.7. The molecule has 6 nitrogen and oxygen atoms in total. The first kappa shape index (κ1) is 22.6. The topological polar surface area (TPSA) is 54.0 Å². The molecular weight excluding hydrogens is 450 g/mol. The van der Waals surface area contributed by atoms with Crippen molar-refractivity contribution in [3.63, 3.8) is 0 Å². The number of anilines is 1. The Balaban J connectivity index is 1.28. The zero-order valence-electron chi connectivity index (χ0n) is 19.0. The van der Waals surface area contributed by atoms with E-state index in [4.69, 9.17) is 21.1 Å². The quantitative estimate of drug-likeness (QED) is 0.550. The summed E-state index contributed by atoms with van der Waals surface area (Å²) in [4.78, 5) is 17.6. The second-order valence-electron chi connectivity index (χ2n) is 8.59. The van der Waals surface area contributed by atoms with E-state index in [1.807, 2.05) is 42.5 Å². The second kappa shape index (κ2) is 10.4. The molecule has 3 aromatic carbocycles. The maximum absolute atomic E-state index is 12.7. The number of carbonyl (C=O) groups is 1. The normalized spacial score (nSPS) is 16.3. The fourth-order valence-corrected chi connectivity index (χ4v) is 4.70. The lowest BCUT2D eigenvalue weighted by Gasteiger charge is -2.40. The molecule has 1 atom stereocenters. The summed E-state index contributed by atoms with van der Waals surface area (Å²) in [6.07, 6.45) is 0.326. The number of para-hydroxylation sites is 1. The number of nitrogens with zero attached hydrogens (tertiary/aromatic N) is 2. The predicted octanol–water partition coefficient (Wildman–Crippen LogP) is 4.29. The summed E-state index contributed by atoms with van der Waals surface area (Å²) in [5, 5.41) is 3.82. The fourth-order valence-electron chi connectivity index (χ4n) is 4.57. The van der Waals surface area contributed by atoms with Crippen LogP contribution in [0.4, 0.5) is 5.69 Å². The number of rotatable bonds is 7. The fraction of sp³-hybridized carbons (Fsp3) is 0.296. The molecule has 34 heavy (non-hydrogen) atoms. The molecule has 2 heterocycles. The molecule has 1 amide bonds. The van der Waals surface area contributed by atoms with E-state index in [0.29, 0.717) is 18.0 Å². The molecule has 0 unspecified atom stereocenters. The van der Waals surface area contributed by atoms with Gasteiger partial charge in [0.15, 0.2) is 11.5 Å². The highest BCUT2D eigenvalue weighted by Gasteiger charge is 2.27. The van der Waals surface area contributed by atoms with Gasteiger partial charge in [-0.2, -0.15) is 0 Å². The lowest BCUT2D eigenvalue weighted by atomic mass is 10.0. The number of hydrogen-bond acceptors (Lipinski definition) is 5. The SMILES string of the molecule is O=C(Cc1ccc(Cl)cc1)NC[C@H](c1ccc2c(c1)OCO2)N1CCN(c2ccccc2)CC1. The zero-order valence-corrected chi connectivity index (χ0v) is 19.7. The molecule has 5 rings (SSSR count). The minimum absolute atomic E-state index is 0.00372. The van der Waals surface area contributed by atoms with E-state index in [2.05, 4.69) is 45.4 Å². The zero-order chi connectivity index (χ0) is 23.3. The number of piperazine rings is 1. The molecular formula is C27H28ClN3O3. The Morgan fingerprint density at radius 1 is 0.912 bits per heavy atom. The smallest absolute Gasteiger partial charge is 0.231 e. The van der Waals surface area contributed by atoms with Crippen molar-refractivity contribution in [3.8, 4) is 11.5 Å². The molecule has 1 N–H and O–H groups in total. The Labute approximate surface area is 205 Å². The summed E-state index contributed by atoms with van der Waals surface area (Å²) in [6, 6.07) is 24.0. The van der Waals surface area contributed by atoms with E-state index in [1.165, 1.54) is 5.69 Å². The van der Waals surface area contributed by atoms with E-state index in [0.717, 1.165) is 48.8 Å². The van der Waals surface area contributed by atoms with Gasteiger partial charge in [0.05, 0.1) is 12.5 Å². The standard InChI is InChI=1S/C27H28ClN3O3/c28-22-9-6-20(7-10-22)16-27(32)29-18-24(21-8-11-25-26(17-21)34-19-33-25)31-14-12-30(13-15-31)23-4-2-1-3-5-23/h1-11,17,24H,12-16,18-19H2,(H,29,32)/t24-/m1/s1. The number of hydrogen-bond donors (Lipinski definition) is 1. The minimum Gasteiger partial charge on any atom is -0.454 e. The van der Waals surface area contributed by atoms with Crippen LogP contribution in [0.25, 0.3) is 0 Å². The molecule has 2 aliphatic heterocycles. The third-order valence-electron chi connectivity index (χ3n) is 6.43. The summed E-state index contributed by atoms with van der Waals surface area (Å²) in [5.41, 5.74) is 3.31. The van der Waals surface area contributed by atoms with Gasteiger partial charge in [-0.25, -0.2) is 0 Å². The monoisotopic (exact) mass is 477 g/mol. The van der Waals surface area contributed by atoms with Gasteiger partial charge in [-0.15, -0.1) is 0 Å². The van der Waals surface area contributed by atoms with Gasteiger partial charge in [0, 0.05) is 43.4 Å². The van der Waals surface area contributed by atoms with E-state index in [-0.39, 0.29) is 18.7 Å². The predicted molar refractivity (Wildman–Crippen MR) is 134 cm³/mol. The average molecular weight is 478 g/mol. The van der Waals surface area contributed by atoms with Crippen molar-refractivity contribution in [3.05, 3.63) is 88.9 Å². The van der Waals surface area contributed by atoms with Gasteiger partial charge in [0.25, 0.3) is 0 Å². The highest BCUT2D eigenvalue weighted by atomic mass is 35.5. The van der Waals surface area contributed by atoms with Crippen molar-refractivity contribution in [1.82, 2.24) is 10.2 Å². The highest BCUT2D eigenvalue weighted by Crippen LogP contribution is 2.35. The molecule has 0 aromatic heterocycles. The Hall–Kier alpha value is -3.22. The molecule has 0 radical (unpaired) electrons. The average Bonchev–Trinajstić information content (AvgIpc) is 3.35. The Morgan fingerprint density at radius 3 is 2.41 bits per heavy atom. The number of ether oxygens (including phenoxy) is 2. The van der Waals surface area contributed by atoms with E-state index < -0.39 is 0 Å². The summed E-state index contributed by atoms with van der Waals surface area (Å²) in [7, 11) is 0. The Bertz CT molecular complexity index is 1120. The lowest BCUT2D eigenvalue weighted by molar-refractivity contribution is -0.120. The molecule has 7 heteroatoms. The molecule has 2 aliphatic rings. The van der Waals surface area contributed by atoms with E-state index in [9.17, 15) is 4.79 Å². The third kappa shape index (κ3) is 5.29. The summed E-state index contributed by atoms with van der Waals surface area (Å²) in [6.45, 7) is 4.45. The van der Waals surface area contributed by atoms with Crippen molar-refractivity contribution in [1.29, 1.82) is 0 Å². The highest BCUT2D eigenvalue weighted by molar-refractivity contribution is 6.30. The van der Waals surface area contributed by atoms with Gasteiger partial charge in [0.2, 0.25) is 12.7 Å². The van der Waals surface area contributed by atoms with Gasteiger partial charge in [-0.1, -0.05) is 48.0 Å². The van der Waals surface area contributed by atoms with Crippen LogP contribution in [0.15, 0.2) is 72.8 Å². The van der Waals surface area contributed by atoms with E-state index >= 15 is 0 Å². The van der Waals surface area contributed by atoms with Crippen LogP contribution < -0.4 is 19.7 Å².